The molecule has 0 saturated carbocycles. The molecular weight excluding hydrogens is 751 g/mol. The van der Waals surface area contributed by atoms with Gasteiger partial charge in [-0.05, 0) is 12.8 Å². The van der Waals surface area contributed by atoms with Crippen LogP contribution < -0.4 is 5.32 Å². The van der Waals surface area contributed by atoms with Crippen LogP contribution in [-0.4, -0.2) is 46.1 Å². The Balaban J connectivity index is 3.39. The molecular formula is C56H113NO4. The lowest BCUT2D eigenvalue weighted by Gasteiger charge is -2.26. The number of amides is 1. The van der Waals surface area contributed by atoms with E-state index in [-0.39, 0.29) is 12.5 Å². The average Bonchev–Trinajstić information content (AvgIpc) is 3.26. The highest BCUT2D eigenvalue weighted by molar-refractivity contribution is 5.76. The largest absolute Gasteiger partial charge is 0.394 e. The van der Waals surface area contributed by atoms with E-state index >= 15 is 0 Å². The number of hydrogen-bond donors (Lipinski definition) is 4. The van der Waals surface area contributed by atoms with Crippen molar-refractivity contribution in [3.05, 3.63) is 0 Å². The first-order valence-corrected chi connectivity index (χ1v) is 28.3. The molecule has 0 aliphatic heterocycles. The zero-order valence-electron chi connectivity index (χ0n) is 41.8. The standard InChI is InChI=1S/C56H113NO4/c1-3-5-7-9-11-13-15-17-18-19-20-21-22-23-24-25-26-27-28-29-30-31-32-33-34-35-36-37-38-39-41-43-45-47-49-51-55(60)57-53(52-58)56(61)54(59)50-48-46-44-42-40-16-14-12-10-8-6-4-2/h53-54,56,58-59,61H,3-52H2,1-2H3,(H,57,60)/t53-,54+,56-/m0/s1. The van der Waals surface area contributed by atoms with E-state index in [1.165, 1.54) is 270 Å². The third-order valence-corrected chi connectivity index (χ3v) is 13.7. The lowest BCUT2D eigenvalue weighted by molar-refractivity contribution is -0.124. The summed E-state index contributed by atoms with van der Waals surface area (Å²) in [5.41, 5.74) is 0. The van der Waals surface area contributed by atoms with Gasteiger partial charge >= 0.3 is 0 Å². The molecule has 0 rings (SSSR count). The van der Waals surface area contributed by atoms with Crippen LogP contribution >= 0.6 is 0 Å². The molecule has 0 fully saturated rings. The Morgan fingerprint density at radius 3 is 0.787 bits per heavy atom. The molecule has 5 heteroatoms. The fourth-order valence-electron chi connectivity index (χ4n) is 9.34. The van der Waals surface area contributed by atoms with Gasteiger partial charge in [0.15, 0.2) is 0 Å². The highest BCUT2D eigenvalue weighted by Crippen LogP contribution is 2.19. The van der Waals surface area contributed by atoms with Crippen molar-refractivity contribution in [3.8, 4) is 0 Å². The van der Waals surface area contributed by atoms with Crippen molar-refractivity contribution in [2.24, 2.45) is 0 Å². The van der Waals surface area contributed by atoms with Crippen LogP contribution in [0.4, 0.5) is 0 Å². The molecule has 0 heterocycles. The summed E-state index contributed by atoms with van der Waals surface area (Å²) in [5.74, 6) is -0.137. The van der Waals surface area contributed by atoms with Gasteiger partial charge in [-0.1, -0.05) is 309 Å². The molecule has 3 atom stereocenters. The van der Waals surface area contributed by atoms with E-state index in [0.29, 0.717) is 12.8 Å². The van der Waals surface area contributed by atoms with Crippen molar-refractivity contribution in [1.82, 2.24) is 5.32 Å². The Morgan fingerprint density at radius 1 is 0.344 bits per heavy atom. The van der Waals surface area contributed by atoms with Crippen molar-refractivity contribution < 1.29 is 20.1 Å². The van der Waals surface area contributed by atoms with Crippen molar-refractivity contribution in [2.45, 2.75) is 347 Å². The van der Waals surface area contributed by atoms with Crippen LogP contribution in [0.2, 0.25) is 0 Å². The Morgan fingerprint density at radius 2 is 0.557 bits per heavy atom. The maximum atomic E-state index is 12.5. The van der Waals surface area contributed by atoms with Crippen LogP contribution in [-0.2, 0) is 4.79 Å². The molecule has 0 radical (unpaired) electrons. The number of nitrogens with one attached hydrogen (secondary N) is 1. The molecule has 366 valence electrons. The minimum atomic E-state index is -1.13. The number of hydrogen-bond acceptors (Lipinski definition) is 4. The number of rotatable bonds is 53. The van der Waals surface area contributed by atoms with Crippen molar-refractivity contribution in [1.29, 1.82) is 0 Å². The second kappa shape index (κ2) is 52.0. The van der Waals surface area contributed by atoms with Crippen molar-refractivity contribution in [3.63, 3.8) is 0 Å². The molecule has 4 N–H and O–H groups in total. The Hall–Kier alpha value is -0.650. The molecule has 0 unspecified atom stereocenters. The van der Waals surface area contributed by atoms with Crippen LogP contribution in [0.1, 0.15) is 328 Å². The third kappa shape index (κ3) is 47.1. The lowest BCUT2D eigenvalue weighted by atomic mass is 9.99. The minimum Gasteiger partial charge on any atom is -0.394 e. The molecule has 5 nitrogen and oxygen atoms in total. The zero-order valence-corrected chi connectivity index (χ0v) is 41.8. The Labute approximate surface area is 383 Å². The van der Waals surface area contributed by atoms with Gasteiger partial charge in [0.25, 0.3) is 0 Å². The molecule has 0 aromatic carbocycles. The molecule has 0 aliphatic carbocycles. The summed E-state index contributed by atoms with van der Waals surface area (Å²) in [7, 11) is 0. The van der Waals surface area contributed by atoms with Gasteiger partial charge in [-0.25, -0.2) is 0 Å². The number of aliphatic hydroxyl groups excluding tert-OH is 3. The number of unbranched alkanes of at least 4 members (excludes halogenated alkanes) is 45. The van der Waals surface area contributed by atoms with Gasteiger partial charge in [-0.15, -0.1) is 0 Å². The number of aliphatic hydroxyl groups is 3. The van der Waals surface area contributed by atoms with E-state index < -0.39 is 18.2 Å². The topological polar surface area (TPSA) is 89.8 Å². The summed E-state index contributed by atoms with van der Waals surface area (Å²) in [4.78, 5) is 12.5. The van der Waals surface area contributed by atoms with Gasteiger partial charge in [0.1, 0.15) is 6.10 Å². The van der Waals surface area contributed by atoms with Crippen LogP contribution in [0.25, 0.3) is 0 Å². The minimum absolute atomic E-state index is 0.137. The van der Waals surface area contributed by atoms with Gasteiger partial charge in [0.2, 0.25) is 5.91 Å². The maximum absolute atomic E-state index is 12.5. The monoisotopic (exact) mass is 864 g/mol. The van der Waals surface area contributed by atoms with Crippen molar-refractivity contribution in [2.75, 3.05) is 6.61 Å². The summed E-state index contributed by atoms with van der Waals surface area (Å²) < 4.78 is 0. The normalized spacial score (nSPS) is 13.2. The van der Waals surface area contributed by atoms with E-state index in [4.69, 9.17) is 0 Å². The Bertz CT molecular complexity index is 822. The van der Waals surface area contributed by atoms with E-state index in [1.54, 1.807) is 0 Å². The first kappa shape index (κ1) is 60.4. The molecule has 0 spiro atoms. The van der Waals surface area contributed by atoms with Gasteiger partial charge in [-0.2, -0.15) is 0 Å². The highest BCUT2D eigenvalue weighted by atomic mass is 16.3. The van der Waals surface area contributed by atoms with Crippen LogP contribution in [0.5, 0.6) is 0 Å². The predicted octanol–water partition coefficient (Wildman–Crippen LogP) is 17.3. The van der Waals surface area contributed by atoms with Gasteiger partial charge in [0.05, 0.1) is 18.8 Å². The van der Waals surface area contributed by atoms with Crippen LogP contribution in [0.3, 0.4) is 0 Å². The average molecular weight is 865 g/mol. The predicted molar refractivity (Wildman–Crippen MR) is 269 cm³/mol. The first-order valence-electron chi connectivity index (χ1n) is 28.3. The summed E-state index contributed by atoms with van der Waals surface area (Å²) in [6, 6.07) is -0.803. The molecule has 0 saturated heterocycles. The fourth-order valence-corrected chi connectivity index (χ4v) is 9.34. The summed E-state index contributed by atoms with van der Waals surface area (Å²) >= 11 is 0. The van der Waals surface area contributed by atoms with Gasteiger partial charge in [0, 0.05) is 6.42 Å². The molecule has 0 bridgehead atoms. The number of carbonyl (C=O) groups is 1. The lowest BCUT2D eigenvalue weighted by Crippen LogP contribution is -2.50. The highest BCUT2D eigenvalue weighted by Gasteiger charge is 2.26. The zero-order chi connectivity index (χ0) is 44.4. The van der Waals surface area contributed by atoms with Crippen molar-refractivity contribution >= 4 is 5.91 Å². The SMILES string of the molecule is CCCCCCCCCCCCCCCCCCCCCCCCCCCCCCCCCCCCCC(=O)N[C@@H](CO)[C@H](O)[C@H](O)CCCCCCCCCCCCCC. The molecule has 61 heavy (non-hydrogen) atoms. The second-order valence-corrected chi connectivity index (χ2v) is 19.9. The van der Waals surface area contributed by atoms with E-state index in [2.05, 4.69) is 19.2 Å². The molecule has 1 amide bonds. The Kier molecular flexibility index (Phi) is 51.4. The fraction of sp³-hybridized carbons (Fsp3) is 0.982. The quantitative estimate of drug-likeness (QED) is 0.0459. The van der Waals surface area contributed by atoms with Crippen LogP contribution in [0.15, 0.2) is 0 Å². The first-order chi connectivity index (χ1) is 30.1. The van der Waals surface area contributed by atoms with Crippen LogP contribution in [0, 0.1) is 0 Å². The van der Waals surface area contributed by atoms with E-state index in [1.807, 2.05) is 0 Å². The van der Waals surface area contributed by atoms with E-state index in [0.717, 1.165) is 32.1 Å². The maximum Gasteiger partial charge on any atom is 0.220 e. The third-order valence-electron chi connectivity index (χ3n) is 13.7. The summed E-state index contributed by atoms with van der Waals surface area (Å²) in [5, 5.41) is 33.6. The summed E-state index contributed by atoms with van der Waals surface area (Å²) in [6.45, 7) is 4.20. The van der Waals surface area contributed by atoms with E-state index in [9.17, 15) is 20.1 Å². The van der Waals surface area contributed by atoms with Gasteiger partial charge in [-0.3, -0.25) is 4.79 Å². The molecule has 0 aliphatic rings. The second-order valence-electron chi connectivity index (χ2n) is 19.9. The summed E-state index contributed by atoms with van der Waals surface area (Å²) in [6.07, 6.45) is 62.8. The molecule has 0 aromatic heterocycles. The van der Waals surface area contributed by atoms with Gasteiger partial charge < -0.3 is 20.6 Å². The number of carbonyl (C=O) groups excluding carboxylic acids is 1. The smallest absolute Gasteiger partial charge is 0.220 e. The molecule has 0 aromatic rings.